The third kappa shape index (κ3) is 3.39. The van der Waals surface area contributed by atoms with Gasteiger partial charge >= 0.3 is 0 Å². The summed E-state index contributed by atoms with van der Waals surface area (Å²) in [7, 11) is 0. The second-order valence-electron chi connectivity index (χ2n) is 5.36. The number of anilines is 1. The van der Waals surface area contributed by atoms with Crippen LogP contribution in [0.25, 0.3) is 0 Å². The minimum Gasteiger partial charge on any atom is -0.545 e. The Balaban J connectivity index is 1.78. The number of hydrogen-bond acceptors (Lipinski definition) is 5. The summed E-state index contributed by atoms with van der Waals surface area (Å²) in [4.78, 5) is 36.6. The van der Waals surface area contributed by atoms with Crippen LogP contribution in [0.15, 0.2) is 65.3 Å². The summed E-state index contributed by atoms with van der Waals surface area (Å²) in [5.41, 5.74) is 1.20. The summed E-state index contributed by atoms with van der Waals surface area (Å²) in [6.45, 7) is 0.115. The lowest BCUT2D eigenvalue weighted by Crippen LogP contribution is -2.31. The predicted octanol–water partition coefficient (Wildman–Crippen LogP) is 1.48. The van der Waals surface area contributed by atoms with E-state index in [4.69, 9.17) is 11.6 Å². The molecule has 0 saturated heterocycles. The van der Waals surface area contributed by atoms with E-state index in [0.717, 1.165) is 10.5 Å². The van der Waals surface area contributed by atoms with Crippen molar-refractivity contribution in [2.24, 2.45) is 0 Å². The van der Waals surface area contributed by atoms with E-state index in [1.165, 1.54) is 24.3 Å². The minimum absolute atomic E-state index is 0.00477. The Hall–Kier alpha value is -3.12. The Labute approximate surface area is 148 Å². The van der Waals surface area contributed by atoms with Crippen LogP contribution in [0.4, 0.5) is 5.69 Å². The van der Waals surface area contributed by atoms with Crippen molar-refractivity contribution in [1.82, 2.24) is 4.90 Å². The highest BCUT2D eigenvalue weighted by Crippen LogP contribution is 2.27. The molecule has 0 radical (unpaired) electrons. The van der Waals surface area contributed by atoms with Crippen LogP contribution in [0, 0.1) is 0 Å². The third-order valence-corrected chi connectivity index (χ3v) is 4.04. The highest BCUT2D eigenvalue weighted by atomic mass is 35.5. The average Bonchev–Trinajstić information content (AvgIpc) is 2.81. The molecule has 0 unspecified atom stereocenters. The van der Waals surface area contributed by atoms with Crippen LogP contribution in [0.3, 0.4) is 0 Å². The summed E-state index contributed by atoms with van der Waals surface area (Å²) < 4.78 is 0. The molecule has 1 N–H and O–H groups in total. The number of imide groups is 1. The maximum atomic E-state index is 12.5. The molecule has 1 aliphatic heterocycles. The Morgan fingerprint density at radius 3 is 2.24 bits per heavy atom. The van der Waals surface area contributed by atoms with Gasteiger partial charge in [0.2, 0.25) is 0 Å². The van der Waals surface area contributed by atoms with Crippen molar-refractivity contribution < 1.29 is 19.5 Å². The van der Waals surface area contributed by atoms with Gasteiger partial charge in [0.1, 0.15) is 10.7 Å². The first-order chi connectivity index (χ1) is 12.0. The number of hydrogen-bond donors (Lipinski definition) is 1. The van der Waals surface area contributed by atoms with Crippen molar-refractivity contribution in [3.8, 4) is 0 Å². The maximum absolute atomic E-state index is 12.5. The lowest BCUT2D eigenvalue weighted by molar-refractivity contribution is -0.255. The summed E-state index contributed by atoms with van der Waals surface area (Å²) >= 11 is 6.02. The van der Waals surface area contributed by atoms with Crippen LogP contribution in [0.1, 0.15) is 15.9 Å². The van der Waals surface area contributed by atoms with Crippen LogP contribution in [0.5, 0.6) is 0 Å². The number of aromatic carboxylic acids is 1. The van der Waals surface area contributed by atoms with Gasteiger partial charge < -0.3 is 15.2 Å². The van der Waals surface area contributed by atoms with Crippen molar-refractivity contribution in [3.63, 3.8) is 0 Å². The van der Waals surface area contributed by atoms with Crippen LogP contribution in [-0.4, -0.2) is 22.7 Å². The van der Waals surface area contributed by atoms with Crippen LogP contribution < -0.4 is 10.4 Å². The standard InChI is InChI=1S/C18H13ClN2O4/c19-14-15(20-13-8-6-12(7-9-13)18(24)25)17(23)21(16(14)22)10-11-4-2-1-3-5-11/h1-9,20H,10H2,(H,24,25)/p-1. The molecule has 0 aliphatic carbocycles. The van der Waals surface area contributed by atoms with Crippen molar-refractivity contribution in [3.05, 3.63) is 76.5 Å². The molecule has 6 nitrogen and oxygen atoms in total. The number of benzene rings is 2. The Bertz CT molecular complexity index is 876. The first-order valence-corrected chi connectivity index (χ1v) is 7.73. The van der Waals surface area contributed by atoms with Gasteiger partial charge in [-0.2, -0.15) is 0 Å². The monoisotopic (exact) mass is 355 g/mol. The van der Waals surface area contributed by atoms with Gasteiger partial charge in [0, 0.05) is 5.69 Å². The van der Waals surface area contributed by atoms with E-state index in [9.17, 15) is 19.5 Å². The van der Waals surface area contributed by atoms with E-state index in [1.54, 1.807) is 12.1 Å². The fourth-order valence-corrected chi connectivity index (χ4v) is 2.63. The highest BCUT2D eigenvalue weighted by Gasteiger charge is 2.37. The Morgan fingerprint density at radius 1 is 1.00 bits per heavy atom. The number of carboxylic acids is 1. The van der Waals surface area contributed by atoms with Gasteiger partial charge in [-0.3, -0.25) is 14.5 Å². The van der Waals surface area contributed by atoms with Crippen molar-refractivity contribution in [2.45, 2.75) is 6.54 Å². The molecule has 2 aromatic carbocycles. The van der Waals surface area contributed by atoms with Gasteiger partial charge in [-0.1, -0.05) is 54.1 Å². The number of carbonyl (C=O) groups excluding carboxylic acids is 3. The molecule has 2 aromatic rings. The number of rotatable bonds is 5. The molecule has 126 valence electrons. The SMILES string of the molecule is O=C([O-])c1ccc(NC2=C(Cl)C(=O)N(Cc3ccccc3)C2=O)cc1. The highest BCUT2D eigenvalue weighted by molar-refractivity contribution is 6.48. The van der Waals surface area contributed by atoms with E-state index >= 15 is 0 Å². The lowest BCUT2D eigenvalue weighted by atomic mass is 10.2. The second kappa shape index (κ2) is 6.78. The number of nitrogens with one attached hydrogen (secondary N) is 1. The zero-order valence-corrected chi connectivity index (χ0v) is 13.6. The van der Waals surface area contributed by atoms with Gasteiger partial charge in [-0.05, 0) is 23.3 Å². The number of carbonyl (C=O) groups is 3. The number of nitrogens with zero attached hydrogens (tertiary/aromatic N) is 1. The van der Waals surface area contributed by atoms with Gasteiger partial charge in [-0.15, -0.1) is 0 Å². The molecule has 0 aromatic heterocycles. The van der Waals surface area contributed by atoms with E-state index in [2.05, 4.69) is 5.32 Å². The molecule has 0 atom stereocenters. The molecule has 2 amide bonds. The van der Waals surface area contributed by atoms with Crippen LogP contribution in [0.2, 0.25) is 0 Å². The zero-order chi connectivity index (χ0) is 18.0. The molecule has 1 heterocycles. The maximum Gasteiger partial charge on any atom is 0.279 e. The molecule has 0 saturated carbocycles. The Morgan fingerprint density at radius 2 is 1.64 bits per heavy atom. The largest absolute Gasteiger partial charge is 0.545 e. The molecule has 0 fully saturated rings. The molecule has 3 rings (SSSR count). The number of halogens is 1. The fourth-order valence-electron chi connectivity index (χ4n) is 2.40. The smallest absolute Gasteiger partial charge is 0.279 e. The van der Waals surface area contributed by atoms with E-state index in [-0.39, 0.29) is 22.8 Å². The second-order valence-corrected chi connectivity index (χ2v) is 5.74. The quantitative estimate of drug-likeness (QED) is 0.820. The first kappa shape index (κ1) is 16.7. The van der Waals surface area contributed by atoms with Gasteiger partial charge in [0.25, 0.3) is 11.8 Å². The lowest BCUT2D eigenvalue weighted by Gasteiger charge is -2.15. The van der Waals surface area contributed by atoms with Crippen molar-refractivity contribution in [2.75, 3.05) is 5.32 Å². The molecular weight excluding hydrogens is 344 g/mol. The fraction of sp³-hybridized carbons (Fsp3) is 0.0556. The van der Waals surface area contributed by atoms with Crippen LogP contribution >= 0.6 is 11.6 Å². The molecule has 25 heavy (non-hydrogen) atoms. The summed E-state index contributed by atoms with van der Waals surface area (Å²) in [6.07, 6.45) is 0. The Kier molecular flexibility index (Phi) is 4.54. The van der Waals surface area contributed by atoms with E-state index in [1.807, 2.05) is 18.2 Å². The number of carboxylic acid groups (broad SMARTS) is 1. The van der Waals surface area contributed by atoms with Crippen molar-refractivity contribution >= 4 is 35.1 Å². The first-order valence-electron chi connectivity index (χ1n) is 7.35. The normalized spacial score (nSPS) is 14.2. The molecule has 7 heteroatoms. The minimum atomic E-state index is -1.30. The molecule has 0 bridgehead atoms. The summed E-state index contributed by atoms with van der Waals surface area (Å²) in [5.74, 6) is -2.42. The summed E-state index contributed by atoms with van der Waals surface area (Å²) in [5, 5.41) is 13.3. The van der Waals surface area contributed by atoms with E-state index < -0.39 is 17.8 Å². The molecular formula is C18H12ClN2O4-. The van der Waals surface area contributed by atoms with Gasteiger partial charge in [0.15, 0.2) is 0 Å². The molecule has 1 aliphatic rings. The summed E-state index contributed by atoms with van der Waals surface area (Å²) in [6, 6.07) is 14.6. The average molecular weight is 356 g/mol. The number of amides is 2. The molecule has 0 spiro atoms. The predicted molar refractivity (Wildman–Crippen MR) is 89.3 cm³/mol. The zero-order valence-electron chi connectivity index (χ0n) is 12.9. The van der Waals surface area contributed by atoms with Crippen LogP contribution in [-0.2, 0) is 16.1 Å². The van der Waals surface area contributed by atoms with Crippen molar-refractivity contribution in [1.29, 1.82) is 0 Å². The third-order valence-electron chi connectivity index (χ3n) is 3.68. The van der Waals surface area contributed by atoms with E-state index in [0.29, 0.717) is 5.69 Å². The van der Waals surface area contributed by atoms with Gasteiger partial charge in [-0.25, -0.2) is 0 Å². The van der Waals surface area contributed by atoms with Gasteiger partial charge in [0.05, 0.1) is 12.5 Å². The topological polar surface area (TPSA) is 89.5 Å².